The summed E-state index contributed by atoms with van der Waals surface area (Å²) in [5.41, 5.74) is 2.04. The molecule has 1 aliphatic rings. The number of benzene rings is 1. The Kier molecular flexibility index (Phi) is 5.34. The largest absolute Gasteiger partial charge is 0.356 e. The van der Waals surface area contributed by atoms with Crippen molar-refractivity contribution in [3.63, 3.8) is 0 Å². The molecular formula is C21H26N6O. The molecule has 0 bridgehead atoms. The van der Waals surface area contributed by atoms with E-state index in [1.807, 2.05) is 32.0 Å². The number of rotatable bonds is 5. The molecule has 0 amide bonds. The highest BCUT2D eigenvalue weighted by Crippen LogP contribution is 2.24. The highest BCUT2D eigenvalue weighted by Gasteiger charge is 2.24. The topological polar surface area (TPSA) is 80.0 Å². The average Bonchev–Trinajstić information content (AvgIpc) is 3.15. The van der Waals surface area contributed by atoms with Crippen LogP contribution >= 0.6 is 0 Å². The smallest absolute Gasteiger partial charge is 0.243 e. The van der Waals surface area contributed by atoms with Gasteiger partial charge in [-0.3, -0.25) is 0 Å². The van der Waals surface area contributed by atoms with Crippen molar-refractivity contribution in [2.24, 2.45) is 0 Å². The second-order valence-corrected chi connectivity index (χ2v) is 7.39. The summed E-state index contributed by atoms with van der Waals surface area (Å²) in [6.45, 7) is 7.85. The Labute approximate surface area is 165 Å². The molecule has 0 aliphatic carbocycles. The molecule has 0 saturated carbocycles. The van der Waals surface area contributed by atoms with E-state index in [0.29, 0.717) is 17.8 Å². The summed E-state index contributed by atoms with van der Waals surface area (Å²) >= 11 is 0. The summed E-state index contributed by atoms with van der Waals surface area (Å²) in [5, 5.41) is 7.49. The van der Waals surface area contributed by atoms with Gasteiger partial charge >= 0.3 is 0 Å². The van der Waals surface area contributed by atoms with E-state index in [9.17, 15) is 0 Å². The number of piperidine rings is 1. The van der Waals surface area contributed by atoms with Crippen molar-refractivity contribution in [2.45, 2.75) is 45.7 Å². The first-order valence-electron chi connectivity index (χ1n) is 9.81. The zero-order chi connectivity index (χ0) is 19.5. The number of aryl methyl sites for hydroxylation is 2. The van der Waals surface area contributed by atoms with E-state index in [0.717, 1.165) is 48.8 Å². The van der Waals surface area contributed by atoms with Gasteiger partial charge in [-0.25, -0.2) is 9.97 Å². The summed E-state index contributed by atoms with van der Waals surface area (Å²) < 4.78 is 5.28. The zero-order valence-electron chi connectivity index (χ0n) is 16.6. The monoisotopic (exact) mass is 378 g/mol. The molecule has 28 heavy (non-hydrogen) atoms. The van der Waals surface area contributed by atoms with Crippen LogP contribution in [0.4, 0.5) is 5.82 Å². The van der Waals surface area contributed by atoms with E-state index in [4.69, 9.17) is 9.51 Å². The average molecular weight is 378 g/mol. The third-order valence-corrected chi connectivity index (χ3v) is 5.09. The maximum absolute atomic E-state index is 5.28. The SMILES string of the molecule is Cc1cc(N2CCC(N[C@H](C)c3nc(C)no3)CC2)nc(-c2ccccc2)n1. The van der Waals surface area contributed by atoms with Crippen molar-refractivity contribution in [3.05, 3.63) is 53.8 Å². The second-order valence-electron chi connectivity index (χ2n) is 7.39. The molecule has 1 atom stereocenters. The Balaban J connectivity index is 1.40. The summed E-state index contributed by atoms with van der Waals surface area (Å²) in [5.74, 6) is 3.12. The molecule has 2 aromatic heterocycles. The zero-order valence-corrected chi connectivity index (χ0v) is 16.6. The van der Waals surface area contributed by atoms with Crippen LogP contribution in [0, 0.1) is 13.8 Å². The van der Waals surface area contributed by atoms with Crippen LogP contribution in [-0.2, 0) is 0 Å². The Bertz CT molecular complexity index is 918. The van der Waals surface area contributed by atoms with E-state index in [-0.39, 0.29) is 6.04 Å². The van der Waals surface area contributed by atoms with Crippen molar-refractivity contribution in [1.29, 1.82) is 0 Å². The van der Waals surface area contributed by atoms with Crippen molar-refractivity contribution in [1.82, 2.24) is 25.4 Å². The number of nitrogens with zero attached hydrogens (tertiary/aromatic N) is 5. The van der Waals surface area contributed by atoms with E-state index >= 15 is 0 Å². The van der Waals surface area contributed by atoms with Gasteiger partial charge < -0.3 is 14.7 Å². The maximum Gasteiger partial charge on any atom is 0.243 e. The van der Waals surface area contributed by atoms with Gasteiger partial charge in [0.2, 0.25) is 5.89 Å². The molecule has 7 nitrogen and oxygen atoms in total. The Morgan fingerprint density at radius 2 is 1.82 bits per heavy atom. The molecule has 4 rings (SSSR count). The Hall–Kier alpha value is -2.80. The van der Waals surface area contributed by atoms with Crippen LogP contribution in [0.5, 0.6) is 0 Å². The van der Waals surface area contributed by atoms with Gasteiger partial charge in [0, 0.05) is 36.5 Å². The third kappa shape index (κ3) is 4.20. The number of aromatic nitrogens is 4. The first-order chi connectivity index (χ1) is 13.6. The molecule has 1 N–H and O–H groups in total. The predicted molar refractivity (Wildman–Crippen MR) is 108 cm³/mol. The standard InChI is InChI=1S/C21H26N6O/c1-14-13-19(25-20(22-14)17-7-5-4-6-8-17)27-11-9-18(10-12-27)23-15(2)21-24-16(3)26-28-21/h4-8,13,15,18,23H,9-12H2,1-3H3/t15-/m1/s1. The highest BCUT2D eigenvalue weighted by atomic mass is 16.5. The minimum absolute atomic E-state index is 0.0590. The van der Waals surface area contributed by atoms with Gasteiger partial charge in [-0.2, -0.15) is 4.98 Å². The van der Waals surface area contributed by atoms with Gasteiger partial charge in [0.05, 0.1) is 6.04 Å². The van der Waals surface area contributed by atoms with Crippen LogP contribution in [0.1, 0.15) is 43.2 Å². The molecule has 1 aliphatic heterocycles. The summed E-state index contributed by atoms with van der Waals surface area (Å²) in [7, 11) is 0. The normalized spacial score (nSPS) is 16.3. The molecule has 0 radical (unpaired) electrons. The van der Waals surface area contributed by atoms with Crippen LogP contribution in [0.25, 0.3) is 11.4 Å². The number of hydrogen-bond donors (Lipinski definition) is 1. The van der Waals surface area contributed by atoms with Crippen LogP contribution in [-0.4, -0.2) is 39.2 Å². The first kappa shape index (κ1) is 18.6. The number of hydrogen-bond acceptors (Lipinski definition) is 7. The molecule has 146 valence electrons. The minimum Gasteiger partial charge on any atom is -0.356 e. The number of nitrogens with one attached hydrogen (secondary N) is 1. The molecule has 1 fully saturated rings. The first-order valence-corrected chi connectivity index (χ1v) is 9.81. The fourth-order valence-corrected chi connectivity index (χ4v) is 3.62. The third-order valence-electron chi connectivity index (χ3n) is 5.09. The lowest BCUT2D eigenvalue weighted by molar-refractivity contribution is 0.304. The van der Waals surface area contributed by atoms with Crippen LogP contribution in [0.2, 0.25) is 0 Å². The van der Waals surface area contributed by atoms with E-state index < -0.39 is 0 Å². The van der Waals surface area contributed by atoms with Gasteiger partial charge in [-0.15, -0.1) is 0 Å². The molecule has 3 aromatic rings. The van der Waals surface area contributed by atoms with Crippen molar-refractivity contribution >= 4 is 5.82 Å². The van der Waals surface area contributed by atoms with Gasteiger partial charge in [-0.05, 0) is 33.6 Å². The summed E-state index contributed by atoms with van der Waals surface area (Å²) in [6, 6.07) is 12.7. The van der Waals surface area contributed by atoms with Crippen LogP contribution in [0.3, 0.4) is 0 Å². The Morgan fingerprint density at radius 3 is 2.50 bits per heavy atom. The van der Waals surface area contributed by atoms with Gasteiger partial charge in [-0.1, -0.05) is 35.5 Å². The van der Waals surface area contributed by atoms with Crippen LogP contribution < -0.4 is 10.2 Å². The van der Waals surface area contributed by atoms with Gasteiger partial charge in [0.1, 0.15) is 5.82 Å². The van der Waals surface area contributed by atoms with E-state index in [2.05, 4.69) is 50.5 Å². The van der Waals surface area contributed by atoms with Crippen molar-refractivity contribution in [2.75, 3.05) is 18.0 Å². The molecule has 1 saturated heterocycles. The lowest BCUT2D eigenvalue weighted by Crippen LogP contribution is -2.43. The fraction of sp³-hybridized carbons (Fsp3) is 0.429. The predicted octanol–water partition coefficient (Wildman–Crippen LogP) is 3.46. The quantitative estimate of drug-likeness (QED) is 0.728. The van der Waals surface area contributed by atoms with E-state index in [1.54, 1.807) is 0 Å². The summed E-state index contributed by atoms with van der Waals surface area (Å²) in [4.78, 5) is 16.1. The fourth-order valence-electron chi connectivity index (χ4n) is 3.62. The van der Waals surface area contributed by atoms with Gasteiger partial charge in [0.25, 0.3) is 0 Å². The molecule has 1 aromatic carbocycles. The van der Waals surface area contributed by atoms with Crippen molar-refractivity contribution < 1.29 is 4.52 Å². The minimum atomic E-state index is 0.0590. The molecular weight excluding hydrogens is 352 g/mol. The lowest BCUT2D eigenvalue weighted by Gasteiger charge is -2.34. The van der Waals surface area contributed by atoms with Crippen LogP contribution in [0.15, 0.2) is 40.9 Å². The number of anilines is 1. The lowest BCUT2D eigenvalue weighted by atomic mass is 10.0. The molecule has 0 spiro atoms. The maximum atomic E-state index is 5.28. The molecule has 7 heteroatoms. The Morgan fingerprint density at radius 1 is 1.07 bits per heavy atom. The molecule has 0 unspecified atom stereocenters. The highest BCUT2D eigenvalue weighted by molar-refractivity contribution is 5.57. The van der Waals surface area contributed by atoms with E-state index in [1.165, 1.54) is 0 Å². The molecule has 3 heterocycles. The summed E-state index contributed by atoms with van der Waals surface area (Å²) in [6.07, 6.45) is 2.09. The second kappa shape index (κ2) is 8.06. The van der Waals surface area contributed by atoms with Gasteiger partial charge in [0.15, 0.2) is 11.6 Å². The van der Waals surface area contributed by atoms with Crippen molar-refractivity contribution in [3.8, 4) is 11.4 Å².